The van der Waals surface area contributed by atoms with Crippen molar-refractivity contribution in [2.45, 2.75) is 6.42 Å². The van der Waals surface area contributed by atoms with Crippen molar-refractivity contribution in [3.63, 3.8) is 0 Å². The Morgan fingerprint density at radius 2 is 1.75 bits per heavy atom. The molecule has 0 saturated heterocycles. The molecule has 0 aromatic heterocycles. The number of aromatic hydroxyl groups is 1. The van der Waals surface area contributed by atoms with Gasteiger partial charge in [-0.2, -0.15) is 0 Å². The number of phenols is 1. The number of fused-ring (bicyclic) bond motifs is 1. The molecule has 0 aliphatic heterocycles. The van der Waals surface area contributed by atoms with Crippen LogP contribution in [0.25, 0.3) is 10.8 Å². The van der Waals surface area contributed by atoms with E-state index >= 15 is 0 Å². The third kappa shape index (κ3) is 2.64. The summed E-state index contributed by atoms with van der Waals surface area (Å²) in [6.07, 6.45) is 0.247. The van der Waals surface area contributed by atoms with Crippen molar-refractivity contribution in [1.82, 2.24) is 0 Å². The molecule has 0 spiro atoms. The Balaban J connectivity index is 0.00000128. The van der Waals surface area contributed by atoms with Gasteiger partial charge >= 0.3 is 0 Å². The predicted molar refractivity (Wildman–Crippen MR) is 65.8 cm³/mol. The van der Waals surface area contributed by atoms with Crippen LogP contribution in [-0.4, -0.2) is 11.0 Å². The highest BCUT2D eigenvalue weighted by Gasteiger charge is 2.00. The highest BCUT2D eigenvalue weighted by molar-refractivity contribution is 5.86. The van der Waals surface area contributed by atoms with E-state index in [1.165, 1.54) is 0 Å². The van der Waals surface area contributed by atoms with Gasteiger partial charge in [-0.1, -0.05) is 24.3 Å². The minimum atomic E-state index is -0.340. The zero-order valence-corrected chi connectivity index (χ0v) is 9.33. The van der Waals surface area contributed by atoms with E-state index in [1.807, 2.05) is 24.3 Å². The molecule has 0 unspecified atom stereocenters. The van der Waals surface area contributed by atoms with Gasteiger partial charge in [0, 0.05) is 0 Å². The van der Waals surface area contributed by atoms with Gasteiger partial charge in [0.25, 0.3) is 0 Å². The highest BCUT2D eigenvalue weighted by atomic mass is 35.5. The molecule has 0 heterocycles. The summed E-state index contributed by atoms with van der Waals surface area (Å²) in [6.45, 7) is 0. The molecule has 0 fully saturated rings. The smallest absolute Gasteiger partial charge is 0.221 e. The number of benzene rings is 2. The van der Waals surface area contributed by atoms with Gasteiger partial charge < -0.3 is 10.8 Å². The van der Waals surface area contributed by atoms with E-state index in [0.29, 0.717) is 0 Å². The molecule has 0 saturated carbocycles. The van der Waals surface area contributed by atoms with Crippen LogP contribution in [0.3, 0.4) is 0 Å². The third-order valence-electron chi connectivity index (χ3n) is 2.27. The van der Waals surface area contributed by atoms with E-state index in [0.717, 1.165) is 16.3 Å². The molecule has 16 heavy (non-hydrogen) atoms. The Morgan fingerprint density at radius 1 is 1.12 bits per heavy atom. The molecule has 3 nitrogen and oxygen atoms in total. The first kappa shape index (κ1) is 12.3. The molecule has 0 bridgehead atoms. The van der Waals surface area contributed by atoms with Crippen LogP contribution in [0.4, 0.5) is 0 Å². The fourth-order valence-corrected chi connectivity index (χ4v) is 1.59. The van der Waals surface area contributed by atoms with E-state index in [-0.39, 0.29) is 30.5 Å². The second kappa shape index (κ2) is 4.86. The zero-order valence-electron chi connectivity index (χ0n) is 8.51. The van der Waals surface area contributed by atoms with E-state index in [2.05, 4.69) is 0 Å². The van der Waals surface area contributed by atoms with Gasteiger partial charge in [-0.3, -0.25) is 4.79 Å². The first-order valence-corrected chi connectivity index (χ1v) is 4.65. The summed E-state index contributed by atoms with van der Waals surface area (Å²) in [4.78, 5) is 10.7. The van der Waals surface area contributed by atoms with E-state index in [1.54, 1.807) is 12.1 Å². The van der Waals surface area contributed by atoms with E-state index < -0.39 is 0 Å². The van der Waals surface area contributed by atoms with Gasteiger partial charge in [-0.15, -0.1) is 12.4 Å². The van der Waals surface area contributed by atoms with E-state index in [9.17, 15) is 9.90 Å². The van der Waals surface area contributed by atoms with Crippen LogP contribution in [0.5, 0.6) is 5.75 Å². The van der Waals surface area contributed by atoms with Crippen LogP contribution in [0.2, 0.25) is 0 Å². The fourth-order valence-electron chi connectivity index (χ4n) is 1.59. The average molecular weight is 238 g/mol. The standard InChI is InChI=1S/C12H11NO2.ClH/c13-12(15)6-8-1-2-10-7-11(14)4-3-9(10)5-8;/h1-5,7,14H,6H2,(H2,13,15);1H. The monoisotopic (exact) mass is 237 g/mol. The third-order valence-corrected chi connectivity index (χ3v) is 2.27. The summed E-state index contributed by atoms with van der Waals surface area (Å²) in [6, 6.07) is 10.7. The molecule has 2 rings (SSSR count). The first-order chi connectivity index (χ1) is 7.15. The maximum Gasteiger partial charge on any atom is 0.221 e. The van der Waals surface area contributed by atoms with Crippen molar-refractivity contribution in [2.75, 3.05) is 0 Å². The Labute approximate surface area is 99.3 Å². The molecule has 2 aromatic carbocycles. The number of carbonyl (C=O) groups excluding carboxylic acids is 1. The Morgan fingerprint density at radius 3 is 2.44 bits per heavy atom. The molecule has 4 heteroatoms. The number of carbonyl (C=O) groups is 1. The summed E-state index contributed by atoms with van der Waals surface area (Å²) >= 11 is 0. The number of rotatable bonds is 2. The molecule has 1 amide bonds. The van der Waals surface area contributed by atoms with Gasteiger partial charge in [0.15, 0.2) is 0 Å². The molecule has 2 aromatic rings. The van der Waals surface area contributed by atoms with Crippen molar-refractivity contribution in [3.05, 3.63) is 42.0 Å². The molecular formula is C12H12ClNO2. The fraction of sp³-hybridized carbons (Fsp3) is 0.0833. The normalized spacial score (nSPS) is 9.75. The molecule has 0 aliphatic carbocycles. The minimum absolute atomic E-state index is 0. The Hall–Kier alpha value is -1.74. The SMILES string of the molecule is Cl.NC(=O)Cc1ccc2cc(O)ccc2c1. The quantitative estimate of drug-likeness (QED) is 0.839. The lowest BCUT2D eigenvalue weighted by Gasteiger charge is -2.02. The molecule has 3 N–H and O–H groups in total. The lowest BCUT2D eigenvalue weighted by atomic mass is 10.0. The van der Waals surface area contributed by atoms with Gasteiger partial charge in [-0.05, 0) is 28.5 Å². The maximum atomic E-state index is 10.7. The summed E-state index contributed by atoms with van der Waals surface area (Å²) in [5.41, 5.74) is 6.00. The Bertz CT molecular complexity index is 525. The van der Waals surface area contributed by atoms with Crippen LogP contribution < -0.4 is 5.73 Å². The second-order valence-corrected chi connectivity index (χ2v) is 3.51. The molecule has 0 atom stereocenters. The number of nitrogens with two attached hydrogens (primary N) is 1. The number of halogens is 1. The predicted octanol–water partition coefficient (Wildman–Crippen LogP) is 1.99. The van der Waals surface area contributed by atoms with Crippen molar-refractivity contribution in [3.8, 4) is 5.75 Å². The van der Waals surface area contributed by atoms with Crippen LogP contribution in [0, 0.1) is 0 Å². The lowest BCUT2D eigenvalue weighted by molar-refractivity contribution is -0.117. The Kier molecular flexibility index (Phi) is 3.74. The zero-order chi connectivity index (χ0) is 10.8. The molecule has 0 aliphatic rings. The molecular weight excluding hydrogens is 226 g/mol. The van der Waals surface area contributed by atoms with Gasteiger partial charge in [-0.25, -0.2) is 0 Å². The van der Waals surface area contributed by atoms with Gasteiger partial charge in [0.2, 0.25) is 5.91 Å². The number of amides is 1. The van der Waals surface area contributed by atoms with Crippen molar-refractivity contribution in [1.29, 1.82) is 0 Å². The average Bonchev–Trinajstić information content (AvgIpc) is 2.17. The minimum Gasteiger partial charge on any atom is -0.508 e. The summed E-state index contributed by atoms with van der Waals surface area (Å²) < 4.78 is 0. The maximum absolute atomic E-state index is 10.7. The number of primary amides is 1. The van der Waals surface area contributed by atoms with Crippen molar-refractivity contribution < 1.29 is 9.90 Å². The van der Waals surface area contributed by atoms with Gasteiger partial charge in [0.05, 0.1) is 6.42 Å². The van der Waals surface area contributed by atoms with Crippen LogP contribution >= 0.6 is 12.4 Å². The van der Waals surface area contributed by atoms with Crippen LogP contribution in [-0.2, 0) is 11.2 Å². The van der Waals surface area contributed by atoms with Crippen LogP contribution in [0.1, 0.15) is 5.56 Å². The number of hydrogen-bond acceptors (Lipinski definition) is 2. The number of hydrogen-bond donors (Lipinski definition) is 2. The highest BCUT2D eigenvalue weighted by Crippen LogP contribution is 2.21. The molecule has 0 radical (unpaired) electrons. The summed E-state index contributed by atoms with van der Waals surface area (Å²) in [7, 11) is 0. The largest absolute Gasteiger partial charge is 0.508 e. The topological polar surface area (TPSA) is 63.3 Å². The second-order valence-electron chi connectivity index (χ2n) is 3.51. The molecule has 84 valence electrons. The van der Waals surface area contributed by atoms with Crippen molar-refractivity contribution in [2.24, 2.45) is 5.73 Å². The van der Waals surface area contributed by atoms with Gasteiger partial charge in [0.1, 0.15) is 5.75 Å². The first-order valence-electron chi connectivity index (χ1n) is 4.65. The van der Waals surface area contributed by atoms with Crippen LogP contribution in [0.15, 0.2) is 36.4 Å². The lowest BCUT2D eigenvalue weighted by Crippen LogP contribution is -2.13. The summed E-state index contributed by atoms with van der Waals surface area (Å²) in [5.74, 6) is -0.0988. The number of phenolic OH excluding ortho intramolecular Hbond substituents is 1. The summed E-state index contributed by atoms with van der Waals surface area (Å²) in [5, 5.41) is 11.2. The van der Waals surface area contributed by atoms with Crippen molar-refractivity contribution >= 4 is 29.1 Å². The van der Waals surface area contributed by atoms with E-state index in [4.69, 9.17) is 5.73 Å².